The van der Waals surface area contributed by atoms with E-state index >= 15 is 0 Å². The summed E-state index contributed by atoms with van der Waals surface area (Å²) in [6.45, 7) is 0. The van der Waals surface area contributed by atoms with Gasteiger partial charge in [0, 0.05) is 11.1 Å². The number of hydrogen-bond donors (Lipinski definition) is 2. The van der Waals surface area contributed by atoms with Crippen LogP contribution in [0, 0.1) is 0 Å². The van der Waals surface area contributed by atoms with Crippen LogP contribution in [0.3, 0.4) is 0 Å². The van der Waals surface area contributed by atoms with Crippen molar-refractivity contribution in [3.8, 4) is 16.3 Å². The predicted octanol–water partition coefficient (Wildman–Crippen LogP) is 6.41. The van der Waals surface area contributed by atoms with Gasteiger partial charge in [0.25, 0.3) is 5.91 Å². The van der Waals surface area contributed by atoms with Crippen LogP contribution in [0.25, 0.3) is 20.8 Å². The molecule has 2 N–H and O–H groups in total. The molecule has 0 aliphatic carbocycles. The number of amides is 1. The van der Waals surface area contributed by atoms with Crippen LogP contribution in [0.4, 0.5) is 5.69 Å². The molecule has 0 unspecified atom stereocenters. The molecule has 0 atom stereocenters. The molecule has 3 aromatic carbocycles. The molecule has 1 amide bonds. The summed E-state index contributed by atoms with van der Waals surface area (Å²) in [7, 11) is 1.51. The van der Waals surface area contributed by atoms with Gasteiger partial charge in [0.1, 0.15) is 10.8 Å². The molecule has 1 heterocycles. The zero-order valence-electron chi connectivity index (χ0n) is 16.1. The van der Waals surface area contributed by atoms with Crippen LogP contribution in [-0.2, 0) is 0 Å². The molecule has 4 aromatic rings. The standard InChI is InChI=1S/C22H15Cl2N3O2S2/c1-29-18-9-7-12(10-15(18)24)20(28)27-22(30)26-17-11-13(6-8-14(17)23)21-25-16-4-2-3-5-19(16)31-21/h2-11H,1H3,(H2,26,27,28,30). The van der Waals surface area contributed by atoms with E-state index in [1.165, 1.54) is 13.2 Å². The van der Waals surface area contributed by atoms with Gasteiger partial charge in [-0.15, -0.1) is 11.3 Å². The van der Waals surface area contributed by atoms with Crippen molar-refractivity contribution in [3.05, 3.63) is 76.3 Å². The molecule has 9 heteroatoms. The van der Waals surface area contributed by atoms with Crippen molar-refractivity contribution in [2.75, 3.05) is 12.4 Å². The Kier molecular flexibility index (Phi) is 6.38. The van der Waals surface area contributed by atoms with Crippen LogP contribution in [0.1, 0.15) is 10.4 Å². The number of thiocarbonyl (C=S) groups is 1. The fraction of sp³-hybridized carbons (Fsp3) is 0.0455. The van der Waals surface area contributed by atoms with E-state index in [0.29, 0.717) is 27.0 Å². The number of anilines is 1. The van der Waals surface area contributed by atoms with E-state index in [1.807, 2.05) is 36.4 Å². The number of thiazole rings is 1. The van der Waals surface area contributed by atoms with E-state index in [9.17, 15) is 4.79 Å². The maximum atomic E-state index is 12.5. The van der Waals surface area contributed by atoms with Crippen LogP contribution in [0.2, 0.25) is 10.0 Å². The number of halogens is 2. The average molecular weight is 488 g/mol. The number of nitrogens with one attached hydrogen (secondary N) is 2. The second-order valence-corrected chi connectivity index (χ2v) is 8.69. The average Bonchev–Trinajstić information content (AvgIpc) is 3.19. The fourth-order valence-electron chi connectivity index (χ4n) is 2.89. The molecule has 0 radical (unpaired) electrons. The molecule has 0 saturated carbocycles. The minimum atomic E-state index is -0.402. The monoisotopic (exact) mass is 487 g/mol. The molecule has 0 aliphatic heterocycles. The lowest BCUT2D eigenvalue weighted by molar-refractivity contribution is 0.0977. The number of hydrogen-bond acceptors (Lipinski definition) is 5. The van der Waals surface area contributed by atoms with Crippen molar-refractivity contribution in [3.63, 3.8) is 0 Å². The first-order valence-electron chi connectivity index (χ1n) is 9.06. The Hall–Kier alpha value is -2.71. The largest absolute Gasteiger partial charge is 0.495 e. The van der Waals surface area contributed by atoms with Crippen LogP contribution < -0.4 is 15.4 Å². The molecule has 0 saturated heterocycles. The summed E-state index contributed by atoms with van der Waals surface area (Å²) in [5.74, 6) is 0.0814. The van der Waals surface area contributed by atoms with Gasteiger partial charge >= 0.3 is 0 Å². The first-order valence-corrected chi connectivity index (χ1v) is 11.0. The molecule has 31 heavy (non-hydrogen) atoms. The van der Waals surface area contributed by atoms with E-state index < -0.39 is 5.91 Å². The highest BCUT2D eigenvalue weighted by Crippen LogP contribution is 2.33. The Labute approximate surface area is 198 Å². The van der Waals surface area contributed by atoms with Gasteiger partial charge in [0.2, 0.25) is 0 Å². The lowest BCUT2D eigenvalue weighted by Gasteiger charge is -2.12. The topological polar surface area (TPSA) is 63.2 Å². The predicted molar refractivity (Wildman–Crippen MR) is 132 cm³/mol. The lowest BCUT2D eigenvalue weighted by Crippen LogP contribution is -2.34. The smallest absolute Gasteiger partial charge is 0.257 e. The van der Waals surface area contributed by atoms with Gasteiger partial charge in [-0.2, -0.15) is 0 Å². The Morgan fingerprint density at radius 2 is 1.87 bits per heavy atom. The summed E-state index contributed by atoms with van der Waals surface area (Å²) < 4.78 is 6.20. The summed E-state index contributed by atoms with van der Waals surface area (Å²) in [4.78, 5) is 17.2. The first-order chi connectivity index (χ1) is 14.9. The maximum Gasteiger partial charge on any atom is 0.257 e. The number of benzene rings is 3. The molecule has 1 aromatic heterocycles. The zero-order chi connectivity index (χ0) is 22.0. The third kappa shape index (κ3) is 4.80. The second-order valence-electron chi connectivity index (χ2n) is 6.44. The zero-order valence-corrected chi connectivity index (χ0v) is 19.3. The van der Waals surface area contributed by atoms with Crippen LogP contribution in [0.15, 0.2) is 60.7 Å². The van der Waals surface area contributed by atoms with Crippen LogP contribution in [-0.4, -0.2) is 23.1 Å². The lowest BCUT2D eigenvalue weighted by atomic mass is 10.2. The molecular weight excluding hydrogens is 473 g/mol. The number of rotatable bonds is 4. The number of carbonyl (C=O) groups is 1. The Morgan fingerprint density at radius 3 is 2.61 bits per heavy atom. The number of methoxy groups -OCH3 is 1. The summed E-state index contributed by atoms with van der Waals surface area (Å²) in [5.41, 5.74) is 2.75. The second kappa shape index (κ2) is 9.20. The van der Waals surface area contributed by atoms with Crippen LogP contribution >= 0.6 is 46.8 Å². The highest BCUT2D eigenvalue weighted by Gasteiger charge is 2.13. The van der Waals surface area contributed by atoms with Crippen molar-refractivity contribution in [2.45, 2.75) is 0 Å². The Bertz CT molecular complexity index is 1270. The van der Waals surface area contributed by atoms with E-state index in [1.54, 1.807) is 29.5 Å². The molecule has 0 spiro atoms. The van der Waals surface area contributed by atoms with Crippen molar-refractivity contribution in [1.29, 1.82) is 0 Å². The van der Waals surface area contributed by atoms with Gasteiger partial charge in [-0.1, -0.05) is 41.4 Å². The number of para-hydroxylation sites is 1. The molecular formula is C22H15Cl2N3O2S2. The van der Waals surface area contributed by atoms with Gasteiger partial charge in [0.15, 0.2) is 5.11 Å². The Balaban J connectivity index is 1.50. The van der Waals surface area contributed by atoms with Crippen molar-refractivity contribution in [1.82, 2.24) is 10.3 Å². The minimum Gasteiger partial charge on any atom is -0.495 e. The molecule has 0 aliphatic rings. The van der Waals surface area contributed by atoms with Gasteiger partial charge in [-0.3, -0.25) is 10.1 Å². The number of nitrogens with zero attached hydrogens (tertiary/aromatic N) is 1. The van der Waals surface area contributed by atoms with Crippen molar-refractivity contribution >= 4 is 73.7 Å². The third-order valence-corrected chi connectivity index (χ3v) is 6.31. The summed E-state index contributed by atoms with van der Waals surface area (Å²) in [5, 5.41) is 7.38. The van der Waals surface area contributed by atoms with Gasteiger partial charge in [-0.25, -0.2) is 4.98 Å². The maximum absolute atomic E-state index is 12.5. The number of carbonyl (C=O) groups excluding carboxylic acids is 1. The van der Waals surface area contributed by atoms with Gasteiger partial charge in [-0.05, 0) is 54.7 Å². The van der Waals surface area contributed by atoms with Gasteiger partial charge < -0.3 is 10.1 Å². The van der Waals surface area contributed by atoms with E-state index in [2.05, 4.69) is 15.6 Å². The Morgan fingerprint density at radius 1 is 1.06 bits per heavy atom. The number of fused-ring (bicyclic) bond motifs is 1. The normalized spacial score (nSPS) is 10.7. The molecule has 0 fully saturated rings. The van der Waals surface area contributed by atoms with Crippen molar-refractivity contribution < 1.29 is 9.53 Å². The summed E-state index contributed by atoms with van der Waals surface area (Å²) in [6.07, 6.45) is 0. The first kappa shape index (κ1) is 21.5. The third-order valence-electron chi connectivity index (χ3n) is 4.40. The minimum absolute atomic E-state index is 0.111. The molecule has 5 nitrogen and oxygen atoms in total. The van der Waals surface area contributed by atoms with Crippen molar-refractivity contribution in [2.24, 2.45) is 0 Å². The summed E-state index contributed by atoms with van der Waals surface area (Å²) >= 11 is 19.3. The molecule has 4 rings (SSSR count). The highest BCUT2D eigenvalue weighted by molar-refractivity contribution is 7.80. The SMILES string of the molecule is COc1ccc(C(=O)NC(=S)Nc2cc(-c3nc4ccccc4s3)ccc2Cl)cc1Cl. The van der Waals surface area contributed by atoms with E-state index in [4.69, 9.17) is 40.2 Å². The number of ether oxygens (including phenoxy) is 1. The van der Waals surface area contributed by atoms with E-state index in [0.717, 1.165) is 20.8 Å². The fourth-order valence-corrected chi connectivity index (χ4v) is 4.47. The summed E-state index contributed by atoms with van der Waals surface area (Å²) in [6, 6.07) is 18.2. The molecule has 0 bridgehead atoms. The van der Waals surface area contributed by atoms with E-state index in [-0.39, 0.29) is 5.11 Å². The number of aromatic nitrogens is 1. The van der Waals surface area contributed by atoms with Gasteiger partial charge in [0.05, 0.1) is 33.1 Å². The van der Waals surface area contributed by atoms with Crippen LogP contribution in [0.5, 0.6) is 5.75 Å². The molecule has 156 valence electrons. The highest BCUT2D eigenvalue weighted by atomic mass is 35.5. The quantitative estimate of drug-likeness (QED) is 0.325.